The molecule has 1 heterocycles. The number of carbonyl (C=O) groups excluding carboxylic acids is 1. The summed E-state index contributed by atoms with van der Waals surface area (Å²) in [7, 11) is 0. The molecule has 0 atom stereocenters. The van der Waals surface area contributed by atoms with Crippen LogP contribution in [-0.4, -0.2) is 22.4 Å². The first kappa shape index (κ1) is 16.5. The van der Waals surface area contributed by atoms with Crippen LogP contribution in [0.25, 0.3) is 0 Å². The van der Waals surface area contributed by atoms with Crippen molar-refractivity contribution in [2.24, 2.45) is 0 Å². The molecule has 7 heteroatoms. The van der Waals surface area contributed by atoms with Crippen LogP contribution in [0.2, 0.25) is 10.0 Å². The van der Waals surface area contributed by atoms with Gasteiger partial charge in [0.1, 0.15) is 17.3 Å². The highest BCUT2D eigenvalue weighted by Gasteiger charge is 2.11. The molecule has 2 rings (SSSR count). The molecular formula is C15H16Cl2N4O. The Morgan fingerprint density at radius 3 is 2.77 bits per heavy atom. The lowest BCUT2D eigenvalue weighted by Crippen LogP contribution is -2.25. The Bertz CT molecular complexity index is 691. The molecule has 0 saturated heterocycles. The van der Waals surface area contributed by atoms with E-state index < -0.39 is 0 Å². The first-order chi connectivity index (χ1) is 10.5. The molecule has 1 amide bonds. The lowest BCUT2D eigenvalue weighted by atomic mass is 10.3. The highest BCUT2D eigenvalue weighted by molar-refractivity contribution is 6.43. The van der Waals surface area contributed by atoms with Crippen LogP contribution in [0.5, 0.6) is 0 Å². The first-order valence-electron chi connectivity index (χ1n) is 6.86. The Labute approximate surface area is 139 Å². The van der Waals surface area contributed by atoms with E-state index in [1.165, 1.54) is 0 Å². The summed E-state index contributed by atoms with van der Waals surface area (Å²) < 4.78 is 0. The molecule has 0 radical (unpaired) electrons. The average Bonchev–Trinajstić information content (AvgIpc) is 2.49. The summed E-state index contributed by atoms with van der Waals surface area (Å²) in [6.07, 6.45) is 0.860. The molecule has 0 fully saturated rings. The number of rotatable bonds is 5. The Morgan fingerprint density at radius 2 is 2.05 bits per heavy atom. The number of aryl methyl sites for hydroxylation is 1. The molecule has 0 aliphatic rings. The fourth-order valence-corrected chi connectivity index (χ4v) is 2.16. The molecular weight excluding hydrogens is 323 g/mol. The van der Waals surface area contributed by atoms with Crippen molar-refractivity contribution in [2.75, 3.05) is 11.9 Å². The molecule has 0 aliphatic heterocycles. The van der Waals surface area contributed by atoms with E-state index >= 15 is 0 Å². The summed E-state index contributed by atoms with van der Waals surface area (Å²) in [4.78, 5) is 20.4. The molecule has 0 spiro atoms. The molecule has 2 aromatic rings. The van der Waals surface area contributed by atoms with Gasteiger partial charge in [-0.3, -0.25) is 4.79 Å². The van der Waals surface area contributed by atoms with Crippen molar-refractivity contribution in [2.45, 2.75) is 20.3 Å². The maximum atomic E-state index is 12.0. The average molecular weight is 339 g/mol. The van der Waals surface area contributed by atoms with Crippen molar-refractivity contribution in [1.82, 2.24) is 15.3 Å². The SMILES string of the molecule is CCCNC(=O)c1cc(Nc2cccc(Cl)c2Cl)nc(C)n1. The maximum Gasteiger partial charge on any atom is 0.270 e. The zero-order valence-electron chi connectivity index (χ0n) is 12.3. The maximum absolute atomic E-state index is 12.0. The minimum Gasteiger partial charge on any atom is -0.351 e. The van der Waals surface area contributed by atoms with Crippen LogP contribution >= 0.6 is 23.2 Å². The van der Waals surface area contributed by atoms with Crippen LogP contribution < -0.4 is 10.6 Å². The fourth-order valence-electron chi connectivity index (χ4n) is 1.82. The van der Waals surface area contributed by atoms with Crippen molar-refractivity contribution >= 4 is 40.6 Å². The number of halogens is 2. The number of hydrogen-bond donors (Lipinski definition) is 2. The summed E-state index contributed by atoms with van der Waals surface area (Å²) in [5.74, 6) is 0.746. The quantitative estimate of drug-likeness (QED) is 0.865. The van der Waals surface area contributed by atoms with E-state index in [0.717, 1.165) is 6.42 Å². The smallest absolute Gasteiger partial charge is 0.270 e. The van der Waals surface area contributed by atoms with Crippen LogP contribution in [-0.2, 0) is 0 Å². The Balaban J connectivity index is 2.26. The van der Waals surface area contributed by atoms with Gasteiger partial charge in [-0.15, -0.1) is 0 Å². The van der Waals surface area contributed by atoms with Gasteiger partial charge in [-0.1, -0.05) is 36.2 Å². The molecule has 116 valence electrons. The molecule has 22 heavy (non-hydrogen) atoms. The minimum absolute atomic E-state index is 0.229. The Kier molecular flexibility index (Phi) is 5.57. The molecule has 2 N–H and O–H groups in total. The van der Waals surface area contributed by atoms with E-state index in [0.29, 0.717) is 39.6 Å². The molecule has 0 bridgehead atoms. The lowest BCUT2D eigenvalue weighted by Gasteiger charge is -2.10. The van der Waals surface area contributed by atoms with Crippen molar-refractivity contribution in [1.29, 1.82) is 0 Å². The second-order valence-corrected chi connectivity index (χ2v) is 5.45. The lowest BCUT2D eigenvalue weighted by molar-refractivity contribution is 0.0948. The third-order valence-electron chi connectivity index (χ3n) is 2.82. The number of benzene rings is 1. The summed E-state index contributed by atoms with van der Waals surface area (Å²) in [6.45, 7) is 4.31. The molecule has 1 aromatic carbocycles. The Hall–Kier alpha value is -1.85. The predicted octanol–water partition coefficient (Wildman–Crippen LogP) is 3.98. The minimum atomic E-state index is -0.229. The third-order valence-corrected chi connectivity index (χ3v) is 3.64. The number of aromatic nitrogens is 2. The topological polar surface area (TPSA) is 66.9 Å². The summed E-state index contributed by atoms with van der Waals surface area (Å²) in [5.41, 5.74) is 0.925. The van der Waals surface area contributed by atoms with Crippen LogP contribution in [0.15, 0.2) is 24.3 Å². The molecule has 1 aromatic heterocycles. The van der Waals surface area contributed by atoms with Crippen LogP contribution in [0, 0.1) is 6.92 Å². The zero-order chi connectivity index (χ0) is 16.1. The van der Waals surface area contributed by atoms with Crippen molar-refractivity contribution < 1.29 is 4.79 Å². The third kappa shape index (κ3) is 4.08. The number of anilines is 2. The van der Waals surface area contributed by atoms with Gasteiger partial charge in [0.25, 0.3) is 5.91 Å². The van der Waals surface area contributed by atoms with Gasteiger partial charge in [0.05, 0.1) is 15.7 Å². The number of carbonyl (C=O) groups is 1. The van der Waals surface area contributed by atoms with E-state index in [9.17, 15) is 4.79 Å². The molecule has 0 saturated carbocycles. The van der Waals surface area contributed by atoms with Gasteiger partial charge in [-0.25, -0.2) is 9.97 Å². The van der Waals surface area contributed by atoms with Gasteiger partial charge < -0.3 is 10.6 Å². The Morgan fingerprint density at radius 1 is 1.27 bits per heavy atom. The van der Waals surface area contributed by atoms with Crippen molar-refractivity contribution in [3.63, 3.8) is 0 Å². The second-order valence-electron chi connectivity index (χ2n) is 4.67. The van der Waals surface area contributed by atoms with Crippen molar-refractivity contribution in [3.05, 3.63) is 45.8 Å². The number of amides is 1. The monoisotopic (exact) mass is 338 g/mol. The highest BCUT2D eigenvalue weighted by Crippen LogP contribution is 2.31. The summed E-state index contributed by atoms with van der Waals surface area (Å²) in [6, 6.07) is 6.83. The molecule has 5 nitrogen and oxygen atoms in total. The van der Waals surface area contributed by atoms with Gasteiger partial charge in [-0.2, -0.15) is 0 Å². The van der Waals surface area contributed by atoms with Crippen LogP contribution in [0.4, 0.5) is 11.5 Å². The van der Waals surface area contributed by atoms with Gasteiger partial charge >= 0.3 is 0 Å². The van der Waals surface area contributed by atoms with Gasteiger partial charge in [0.2, 0.25) is 0 Å². The zero-order valence-corrected chi connectivity index (χ0v) is 13.8. The standard InChI is InChI=1S/C15H16Cl2N4O/c1-3-7-18-15(22)12-8-13(20-9(2)19-12)21-11-6-4-5-10(16)14(11)17/h4-6,8H,3,7H2,1-2H3,(H,18,22)(H,19,20,21). The van der Waals surface area contributed by atoms with Crippen molar-refractivity contribution in [3.8, 4) is 0 Å². The van der Waals surface area contributed by atoms with Gasteiger partial charge in [0.15, 0.2) is 0 Å². The summed E-state index contributed by atoms with van der Waals surface area (Å²) >= 11 is 12.1. The normalized spacial score (nSPS) is 10.4. The fraction of sp³-hybridized carbons (Fsp3) is 0.267. The highest BCUT2D eigenvalue weighted by atomic mass is 35.5. The van der Waals surface area contributed by atoms with E-state index in [-0.39, 0.29) is 5.91 Å². The van der Waals surface area contributed by atoms with E-state index in [1.807, 2.05) is 6.92 Å². The second kappa shape index (κ2) is 7.42. The predicted molar refractivity (Wildman–Crippen MR) is 89.1 cm³/mol. The summed E-state index contributed by atoms with van der Waals surface area (Å²) in [5, 5.41) is 6.68. The van der Waals surface area contributed by atoms with Gasteiger partial charge in [0, 0.05) is 12.6 Å². The molecule has 0 unspecified atom stereocenters. The first-order valence-corrected chi connectivity index (χ1v) is 7.61. The van der Waals surface area contributed by atoms with E-state index in [4.69, 9.17) is 23.2 Å². The van der Waals surface area contributed by atoms with Crippen LogP contribution in [0.3, 0.4) is 0 Å². The van der Waals surface area contributed by atoms with E-state index in [1.54, 1.807) is 31.2 Å². The number of nitrogens with zero attached hydrogens (tertiary/aromatic N) is 2. The number of nitrogens with one attached hydrogen (secondary N) is 2. The largest absolute Gasteiger partial charge is 0.351 e. The van der Waals surface area contributed by atoms with Crippen LogP contribution in [0.1, 0.15) is 29.7 Å². The van der Waals surface area contributed by atoms with E-state index in [2.05, 4.69) is 20.6 Å². The van der Waals surface area contributed by atoms with Gasteiger partial charge in [-0.05, 0) is 25.5 Å². The molecule has 0 aliphatic carbocycles. The number of hydrogen-bond acceptors (Lipinski definition) is 4.